The van der Waals surface area contributed by atoms with Crippen LogP contribution in [0.2, 0.25) is 0 Å². The third kappa shape index (κ3) is 12.3. The van der Waals surface area contributed by atoms with Crippen LogP contribution in [0.1, 0.15) is 59.9 Å². The Morgan fingerprint density at radius 3 is 2.29 bits per heavy atom. The molecule has 1 aromatic rings. The molecule has 11 heteroatoms. The van der Waals surface area contributed by atoms with Gasteiger partial charge >= 0.3 is 12.3 Å². The minimum atomic E-state index is -4.63. The molecular formula is C24H40F3N3O5. The zero-order valence-corrected chi connectivity index (χ0v) is 22.0. The van der Waals surface area contributed by atoms with E-state index < -0.39 is 23.9 Å². The van der Waals surface area contributed by atoms with Gasteiger partial charge in [-0.25, -0.2) is 4.79 Å². The van der Waals surface area contributed by atoms with E-state index in [2.05, 4.69) is 5.32 Å². The quantitative estimate of drug-likeness (QED) is 0.484. The Morgan fingerprint density at radius 1 is 1.29 bits per heavy atom. The molecule has 2 rings (SSSR count). The molecule has 0 bridgehead atoms. The maximum absolute atomic E-state index is 13.4. The lowest BCUT2D eigenvalue weighted by Gasteiger charge is -2.25. The van der Waals surface area contributed by atoms with E-state index in [-0.39, 0.29) is 31.3 Å². The molecule has 1 heterocycles. The predicted molar refractivity (Wildman–Crippen MR) is 132 cm³/mol. The van der Waals surface area contributed by atoms with Crippen molar-refractivity contribution in [2.75, 3.05) is 43.6 Å². The third-order valence-corrected chi connectivity index (χ3v) is 4.35. The van der Waals surface area contributed by atoms with E-state index in [0.29, 0.717) is 18.6 Å². The lowest BCUT2D eigenvalue weighted by molar-refractivity contribution is -0.137. The highest BCUT2D eigenvalue weighted by Gasteiger charge is 2.38. The standard InChI is InChI=1S/C15H17F3N2O4.C5H11NO.2C2H6/c1-10(24-9-21)8-19(2)11-3-4-13(12(7-11)15(16,17)18)20-5-6-23-14(20)22;1-3-4-5(7)6-2;2*1-2/h3-4,7,9-10H,5-6,8H2,1-2H3;3-4H2,1-2H3,(H,6,7);2*1-2H3. The van der Waals surface area contributed by atoms with Gasteiger partial charge in [-0.1, -0.05) is 34.6 Å². The first-order chi connectivity index (χ1) is 16.5. The Kier molecular flexibility index (Phi) is 17.9. The average Bonchev–Trinajstić information content (AvgIpc) is 3.27. The number of rotatable bonds is 8. The Labute approximate surface area is 206 Å². The number of anilines is 2. The zero-order chi connectivity index (χ0) is 27.6. The van der Waals surface area contributed by atoms with Gasteiger partial charge < -0.3 is 19.7 Å². The van der Waals surface area contributed by atoms with Gasteiger partial charge in [0, 0.05) is 26.2 Å². The predicted octanol–water partition coefficient (Wildman–Crippen LogP) is 5.24. The number of likely N-dealkylation sites (N-methyl/N-ethyl adjacent to an activating group) is 1. The number of hydrogen-bond acceptors (Lipinski definition) is 6. The van der Waals surface area contributed by atoms with Crippen molar-refractivity contribution >= 4 is 29.8 Å². The average molecular weight is 508 g/mol. The summed E-state index contributed by atoms with van der Waals surface area (Å²) in [5.41, 5.74) is -0.867. The fourth-order valence-corrected chi connectivity index (χ4v) is 2.82. The first-order valence-electron chi connectivity index (χ1n) is 11.7. The summed E-state index contributed by atoms with van der Waals surface area (Å²) in [5.74, 6) is 0.127. The van der Waals surface area contributed by atoms with Gasteiger partial charge in [0.15, 0.2) is 0 Å². The van der Waals surface area contributed by atoms with E-state index in [9.17, 15) is 27.6 Å². The fourth-order valence-electron chi connectivity index (χ4n) is 2.82. The zero-order valence-electron chi connectivity index (χ0n) is 22.0. The van der Waals surface area contributed by atoms with Crippen LogP contribution in [0.25, 0.3) is 0 Å². The molecule has 1 fully saturated rings. The molecule has 1 aliphatic rings. The van der Waals surface area contributed by atoms with Gasteiger partial charge in [0.25, 0.3) is 6.47 Å². The molecule has 0 aliphatic carbocycles. The van der Waals surface area contributed by atoms with Crippen LogP contribution in [-0.4, -0.2) is 58.4 Å². The highest BCUT2D eigenvalue weighted by molar-refractivity contribution is 5.90. The van der Waals surface area contributed by atoms with Gasteiger partial charge in [-0.3, -0.25) is 14.5 Å². The maximum atomic E-state index is 13.4. The summed E-state index contributed by atoms with van der Waals surface area (Å²) in [6.07, 6.45) is -4.32. The smallest absolute Gasteiger partial charge is 0.418 e. The number of amides is 2. The lowest BCUT2D eigenvalue weighted by atomic mass is 10.1. The van der Waals surface area contributed by atoms with Crippen molar-refractivity contribution in [3.05, 3.63) is 23.8 Å². The molecule has 35 heavy (non-hydrogen) atoms. The highest BCUT2D eigenvalue weighted by atomic mass is 19.4. The van der Waals surface area contributed by atoms with Gasteiger partial charge in [-0.05, 0) is 31.5 Å². The van der Waals surface area contributed by atoms with Crippen LogP contribution in [0.4, 0.5) is 29.3 Å². The van der Waals surface area contributed by atoms with E-state index in [1.165, 1.54) is 17.0 Å². The molecule has 202 valence electrons. The summed E-state index contributed by atoms with van der Waals surface area (Å²) in [6, 6.07) is 3.69. The molecule has 1 atom stereocenters. The summed E-state index contributed by atoms with van der Waals surface area (Å²) in [6.45, 7) is 12.3. The summed E-state index contributed by atoms with van der Waals surface area (Å²) in [5, 5.41) is 2.53. The number of nitrogens with one attached hydrogen (secondary N) is 1. The number of carbonyl (C=O) groups excluding carboxylic acids is 3. The molecule has 1 saturated heterocycles. The second-order valence-corrected chi connectivity index (χ2v) is 6.81. The second-order valence-electron chi connectivity index (χ2n) is 6.81. The van der Waals surface area contributed by atoms with Crippen molar-refractivity contribution in [1.29, 1.82) is 0 Å². The molecular weight excluding hydrogens is 467 g/mol. The van der Waals surface area contributed by atoms with Gasteiger partial charge in [0.2, 0.25) is 5.91 Å². The van der Waals surface area contributed by atoms with Crippen LogP contribution in [0.3, 0.4) is 0 Å². The number of ether oxygens (including phenoxy) is 2. The summed E-state index contributed by atoms with van der Waals surface area (Å²) < 4.78 is 49.6. The molecule has 0 aromatic heterocycles. The Morgan fingerprint density at radius 2 is 1.89 bits per heavy atom. The summed E-state index contributed by atoms with van der Waals surface area (Å²) in [7, 11) is 3.24. The van der Waals surface area contributed by atoms with Gasteiger partial charge in [0.05, 0.1) is 24.3 Å². The van der Waals surface area contributed by atoms with Gasteiger partial charge in [-0.2, -0.15) is 13.2 Å². The number of cyclic esters (lactones) is 1. The molecule has 0 saturated carbocycles. The van der Waals surface area contributed by atoms with Crippen molar-refractivity contribution in [2.45, 2.75) is 66.7 Å². The minimum Gasteiger partial charge on any atom is -0.463 e. The van der Waals surface area contributed by atoms with Crippen molar-refractivity contribution < 1.29 is 37.0 Å². The largest absolute Gasteiger partial charge is 0.463 e. The van der Waals surface area contributed by atoms with E-state index in [0.717, 1.165) is 17.4 Å². The van der Waals surface area contributed by atoms with E-state index in [1.807, 2.05) is 34.6 Å². The number of carbonyl (C=O) groups is 3. The van der Waals surface area contributed by atoms with Gasteiger partial charge in [0.1, 0.15) is 12.7 Å². The normalized spacial score (nSPS) is 12.9. The SMILES string of the molecule is CC.CC.CC(CN(C)c1ccc(N2CCOC2=O)c(C(F)(F)F)c1)OC=O.CCCC(=O)NC. The number of nitrogens with zero attached hydrogens (tertiary/aromatic N) is 2. The van der Waals surface area contributed by atoms with E-state index in [1.54, 1.807) is 21.0 Å². The van der Waals surface area contributed by atoms with Gasteiger partial charge in [-0.15, -0.1) is 0 Å². The van der Waals surface area contributed by atoms with Crippen LogP contribution in [-0.2, 0) is 25.2 Å². The maximum Gasteiger partial charge on any atom is 0.418 e. The Balaban J connectivity index is 0. The fraction of sp³-hybridized carbons (Fsp3) is 0.625. The molecule has 8 nitrogen and oxygen atoms in total. The number of halogens is 3. The van der Waals surface area contributed by atoms with E-state index >= 15 is 0 Å². The molecule has 0 radical (unpaired) electrons. The number of benzene rings is 1. The Bertz CT molecular complexity index is 760. The van der Waals surface area contributed by atoms with E-state index in [4.69, 9.17) is 9.47 Å². The van der Waals surface area contributed by atoms with Crippen LogP contribution >= 0.6 is 0 Å². The van der Waals surface area contributed by atoms with Crippen molar-refractivity contribution in [3.8, 4) is 0 Å². The van der Waals surface area contributed by atoms with Crippen LogP contribution in [0.5, 0.6) is 0 Å². The molecule has 1 aliphatic heterocycles. The van der Waals surface area contributed by atoms with Crippen molar-refractivity contribution in [1.82, 2.24) is 5.32 Å². The van der Waals surface area contributed by atoms with Crippen LogP contribution in [0, 0.1) is 0 Å². The summed E-state index contributed by atoms with van der Waals surface area (Å²) in [4.78, 5) is 34.7. The molecule has 1 aromatic carbocycles. The first-order valence-corrected chi connectivity index (χ1v) is 11.7. The molecule has 2 amide bonds. The third-order valence-electron chi connectivity index (χ3n) is 4.35. The molecule has 1 unspecified atom stereocenters. The van der Waals surface area contributed by atoms with Crippen molar-refractivity contribution in [2.24, 2.45) is 0 Å². The Hall–Kier alpha value is -2.98. The molecule has 1 N–H and O–H groups in total. The number of alkyl halides is 3. The minimum absolute atomic E-state index is 0.0539. The van der Waals surface area contributed by atoms with Crippen LogP contribution < -0.4 is 15.1 Å². The molecule has 0 spiro atoms. The topological polar surface area (TPSA) is 88.2 Å². The lowest BCUT2D eigenvalue weighted by Crippen LogP contribution is -2.30. The van der Waals surface area contributed by atoms with Crippen molar-refractivity contribution in [3.63, 3.8) is 0 Å². The first kappa shape index (κ1) is 34.2. The summed E-state index contributed by atoms with van der Waals surface area (Å²) >= 11 is 0. The monoisotopic (exact) mass is 507 g/mol. The van der Waals surface area contributed by atoms with Crippen LogP contribution in [0.15, 0.2) is 18.2 Å². The second kappa shape index (κ2) is 18.4. The number of hydrogen-bond donors (Lipinski definition) is 1. The highest BCUT2D eigenvalue weighted by Crippen LogP contribution is 2.39.